The number of benzene rings is 1. The molecule has 3 aromatic rings. The molecule has 0 fully saturated rings. The summed E-state index contributed by atoms with van der Waals surface area (Å²) in [7, 11) is -3.83. The molecule has 0 radical (unpaired) electrons. The highest BCUT2D eigenvalue weighted by Gasteiger charge is 2.36. The van der Waals surface area contributed by atoms with Crippen LogP contribution in [0.3, 0.4) is 0 Å². The van der Waals surface area contributed by atoms with Gasteiger partial charge in [0.25, 0.3) is 5.69 Å². The number of hydrogen-bond donors (Lipinski definition) is 1. The van der Waals surface area contributed by atoms with Crippen LogP contribution in [0, 0.1) is 10.1 Å². The van der Waals surface area contributed by atoms with Crippen LogP contribution >= 0.6 is 7.60 Å². The Morgan fingerprint density at radius 2 is 1.93 bits per heavy atom. The van der Waals surface area contributed by atoms with Crippen molar-refractivity contribution >= 4 is 24.3 Å². The van der Waals surface area contributed by atoms with Crippen LogP contribution in [-0.4, -0.2) is 37.2 Å². The van der Waals surface area contributed by atoms with E-state index < -0.39 is 29.4 Å². The van der Waals surface area contributed by atoms with Gasteiger partial charge in [0.2, 0.25) is 0 Å². The summed E-state index contributed by atoms with van der Waals surface area (Å²) in [4.78, 5) is 42.2. The molecule has 1 unspecified atom stereocenters. The number of rotatable bonds is 8. The molecule has 160 valence electrons. The molecule has 0 amide bonds. The van der Waals surface area contributed by atoms with E-state index in [9.17, 15) is 24.3 Å². The van der Waals surface area contributed by atoms with Gasteiger partial charge in [0.15, 0.2) is 0 Å². The fourth-order valence-electron chi connectivity index (χ4n) is 3.14. The Balaban J connectivity index is 2.39. The summed E-state index contributed by atoms with van der Waals surface area (Å²) in [5.74, 6) is -1.16. The zero-order valence-corrected chi connectivity index (χ0v) is 17.4. The molecule has 0 saturated carbocycles. The summed E-state index contributed by atoms with van der Waals surface area (Å²) in [5.41, 5.74) is -2.05. The number of aromatic nitrogens is 4. The standard InChI is InChI=1S/C17H20N5O7P/c1-4-28-30(27,29-5-2)11(3)21-13-9-14(20-7-6-18-10-20)15(22(25)26)8-12(13)19-16(23)17(21)24/h6-11H,4-5H2,1-3H3,(H,19,23). The fraction of sp³-hybridized carbons (Fsp3) is 0.353. The van der Waals surface area contributed by atoms with Crippen LogP contribution in [0.1, 0.15) is 26.6 Å². The number of nitrogens with one attached hydrogen (secondary N) is 1. The first-order chi connectivity index (χ1) is 14.2. The van der Waals surface area contributed by atoms with E-state index in [0.717, 1.165) is 10.6 Å². The lowest BCUT2D eigenvalue weighted by Gasteiger charge is -2.25. The van der Waals surface area contributed by atoms with Gasteiger partial charge in [-0.2, -0.15) is 0 Å². The van der Waals surface area contributed by atoms with Crippen LogP contribution in [0.2, 0.25) is 0 Å². The van der Waals surface area contributed by atoms with Crippen molar-refractivity contribution < 1.29 is 18.5 Å². The molecule has 1 N–H and O–H groups in total. The molecule has 0 aliphatic rings. The first-order valence-corrected chi connectivity index (χ1v) is 10.7. The van der Waals surface area contributed by atoms with Crippen LogP contribution in [0.25, 0.3) is 16.7 Å². The second kappa shape index (κ2) is 8.34. The van der Waals surface area contributed by atoms with Crippen molar-refractivity contribution in [3.63, 3.8) is 0 Å². The molecule has 2 heterocycles. The van der Waals surface area contributed by atoms with Gasteiger partial charge in [-0.05, 0) is 26.8 Å². The highest BCUT2D eigenvalue weighted by molar-refractivity contribution is 7.53. The van der Waals surface area contributed by atoms with E-state index in [1.807, 2.05) is 0 Å². The third kappa shape index (κ3) is 3.72. The number of aromatic amines is 1. The van der Waals surface area contributed by atoms with Crippen molar-refractivity contribution in [2.45, 2.75) is 26.6 Å². The summed E-state index contributed by atoms with van der Waals surface area (Å²) in [6.45, 7) is 4.80. The van der Waals surface area contributed by atoms with Gasteiger partial charge in [-0.15, -0.1) is 0 Å². The number of H-pyrrole nitrogens is 1. The normalized spacial score (nSPS) is 12.9. The van der Waals surface area contributed by atoms with E-state index in [4.69, 9.17) is 9.05 Å². The predicted octanol–water partition coefficient (Wildman–Crippen LogP) is 2.57. The van der Waals surface area contributed by atoms with Crippen molar-refractivity contribution in [1.82, 2.24) is 19.1 Å². The van der Waals surface area contributed by atoms with E-state index in [0.29, 0.717) is 0 Å². The maximum absolute atomic E-state index is 13.3. The van der Waals surface area contributed by atoms with Crippen LogP contribution in [0.5, 0.6) is 0 Å². The highest BCUT2D eigenvalue weighted by atomic mass is 31.2. The van der Waals surface area contributed by atoms with E-state index in [2.05, 4.69) is 9.97 Å². The van der Waals surface area contributed by atoms with Gasteiger partial charge in [-0.1, -0.05) is 0 Å². The van der Waals surface area contributed by atoms with Crippen LogP contribution in [0.15, 0.2) is 40.4 Å². The van der Waals surface area contributed by atoms with Gasteiger partial charge < -0.3 is 18.6 Å². The zero-order chi connectivity index (χ0) is 22.1. The number of hydrogen-bond acceptors (Lipinski definition) is 8. The molecule has 3 rings (SSSR count). The van der Waals surface area contributed by atoms with Gasteiger partial charge >= 0.3 is 18.7 Å². The molecule has 0 bridgehead atoms. The lowest BCUT2D eigenvalue weighted by Crippen LogP contribution is -2.38. The molecule has 2 aromatic heterocycles. The minimum atomic E-state index is -3.83. The van der Waals surface area contributed by atoms with E-state index in [-0.39, 0.29) is 35.6 Å². The Hall–Kier alpha value is -3.08. The third-order valence-electron chi connectivity index (χ3n) is 4.44. The predicted molar refractivity (Wildman–Crippen MR) is 108 cm³/mol. The van der Waals surface area contributed by atoms with Gasteiger partial charge in [0, 0.05) is 18.5 Å². The number of imidazole rings is 1. The molecule has 1 aromatic carbocycles. The molecule has 0 aliphatic carbocycles. The van der Waals surface area contributed by atoms with E-state index >= 15 is 0 Å². The van der Waals surface area contributed by atoms with Crippen molar-refractivity contribution in [1.29, 1.82) is 0 Å². The van der Waals surface area contributed by atoms with Gasteiger partial charge in [-0.25, -0.2) is 4.98 Å². The average molecular weight is 437 g/mol. The van der Waals surface area contributed by atoms with Crippen LogP contribution in [0.4, 0.5) is 5.69 Å². The minimum absolute atomic E-state index is 0.0292. The van der Waals surface area contributed by atoms with Gasteiger partial charge in [0.05, 0.1) is 35.5 Å². The highest BCUT2D eigenvalue weighted by Crippen LogP contribution is 2.58. The Labute approximate surface area is 169 Å². The molecule has 1 atom stereocenters. The largest absolute Gasteiger partial charge is 0.353 e. The molecule has 13 heteroatoms. The Morgan fingerprint density at radius 3 is 2.47 bits per heavy atom. The van der Waals surface area contributed by atoms with Crippen molar-refractivity contribution in [3.05, 3.63) is 61.7 Å². The Morgan fingerprint density at radius 1 is 1.27 bits per heavy atom. The molecular weight excluding hydrogens is 417 g/mol. The number of nitrogens with zero attached hydrogens (tertiary/aromatic N) is 4. The summed E-state index contributed by atoms with van der Waals surface area (Å²) in [6.07, 6.45) is 4.29. The molecule has 30 heavy (non-hydrogen) atoms. The maximum atomic E-state index is 13.3. The number of fused-ring (bicyclic) bond motifs is 1. The number of nitro benzene ring substituents is 1. The lowest BCUT2D eigenvalue weighted by molar-refractivity contribution is -0.384. The second-order valence-electron chi connectivity index (χ2n) is 6.22. The van der Waals surface area contributed by atoms with Gasteiger partial charge in [0.1, 0.15) is 11.5 Å². The molecular formula is C17H20N5O7P. The molecule has 0 saturated heterocycles. The number of nitro groups is 1. The average Bonchev–Trinajstić information content (AvgIpc) is 3.22. The first kappa shape index (κ1) is 21.6. The maximum Gasteiger partial charge on any atom is 0.353 e. The second-order valence-corrected chi connectivity index (χ2v) is 8.57. The smallest absolute Gasteiger partial charge is 0.316 e. The molecule has 0 spiro atoms. The van der Waals surface area contributed by atoms with E-state index in [1.165, 1.54) is 36.3 Å². The SMILES string of the molecule is CCOP(=O)(OCC)C(C)n1c(=O)c(=O)[nH]c2cc([N+](=O)[O-])c(-n3ccnc3)cc21. The van der Waals surface area contributed by atoms with E-state index in [1.54, 1.807) is 13.8 Å². The van der Waals surface area contributed by atoms with Crippen molar-refractivity contribution in [2.24, 2.45) is 0 Å². The lowest BCUT2D eigenvalue weighted by atomic mass is 10.2. The minimum Gasteiger partial charge on any atom is -0.316 e. The molecule has 12 nitrogen and oxygen atoms in total. The van der Waals surface area contributed by atoms with Gasteiger partial charge in [-0.3, -0.25) is 28.8 Å². The Kier molecular flexibility index (Phi) is 6.01. The topological polar surface area (TPSA) is 151 Å². The fourth-order valence-corrected chi connectivity index (χ4v) is 4.88. The van der Waals surface area contributed by atoms with Crippen LogP contribution in [-0.2, 0) is 13.6 Å². The summed E-state index contributed by atoms with van der Waals surface area (Å²) < 4.78 is 26.3. The third-order valence-corrected chi connectivity index (χ3v) is 6.82. The first-order valence-electron chi connectivity index (χ1n) is 9.07. The molecule has 0 aliphatic heterocycles. The summed E-state index contributed by atoms with van der Waals surface area (Å²) in [5, 5.41) is 11.6. The zero-order valence-electron chi connectivity index (χ0n) is 16.5. The summed E-state index contributed by atoms with van der Waals surface area (Å²) >= 11 is 0. The van der Waals surface area contributed by atoms with Crippen LogP contribution < -0.4 is 11.1 Å². The monoisotopic (exact) mass is 437 g/mol. The van der Waals surface area contributed by atoms with Crippen molar-refractivity contribution in [3.8, 4) is 5.69 Å². The quantitative estimate of drug-likeness (QED) is 0.244. The van der Waals surface area contributed by atoms with Crippen molar-refractivity contribution in [2.75, 3.05) is 13.2 Å². The Bertz CT molecular complexity index is 1240. The summed E-state index contributed by atoms with van der Waals surface area (Å²) in [6, 6.07) is 2.49.